The van der Waals surface area contributed by atoms with Crippen LogP contribution in [0.15, 0.2) is 53.0 Å². The Morgan fingerprint density at radius 3 is 2.35 bits per heavy atom. The van der Waals surface area contributed by atoms with Crippen LogP contribution in [0, 0.1) is 11.8 Å². The molecule has 1 saturated carbocycles. The Hall–Kier alpha value is -2.14. The molecule has 5 heteroatoms. The summed E-state index contributed by atoms with van der Waals surface area (Å²) in [5, 5.41) is 5.83. The zero-order chi connectivity index (χ0) is 18.7. The van der Waals surface area contributed by atoms with Crippen molar-refractivity contribution in [3.63, 3.8) is 0 Å². The second-order valence-corrected chi connectivity index (χ2v) is 8.13. The van der Waals surface area contributed by atoms with E-state index in [1.54, 1.807) is 0 Å². The van der Waals surface area contributed by atoms with Crippen LogP contribution in [0.2, 0.25) is 0 Å². The molecule has 2 atom stereocenters. The van der Waals surface area contributed by atoms with E-state index in [2.05, 4.69) is 38.7 Å². The lowest BCUT2D eigenvalue weighted by Crippen LogP contribution is -2.15. The Morgan fingerprint density at radius 1 is 1.08 bits per heavy atom. The molecule has 4 nitrogen and oxygen atoms in total. The molecule has 2 amide bonds. The number of benzene rings is 2. The van der Waals surface area contributed by atoms with E-state index in [1.807, 2.05) is 50.2 Å². The van der Waals surface area contributed by atoms with Gasteiger partial charge in [-0.25, -0.2) is 0 Å². The molecule has 2 aromatic carbocycles. The second kappa shape index (κ2) is 8.04. The Labute approximate surface area is 162 Å². The van der Waals surface area contributed by atoms with Gasteiger partial charge in [-0.3, -0.25) is 9.59 Å². The van der Waals surface area contributed by atoms with Crippen LogP contribution in [0.1, 0.15) is 38.2 Å². The van der Waals surface area contributed by atoms with E-state index >= 15 is 0 Å². The van der Waals surface area contributed by atoms with Gasteiger partial charge in [0.15, 0.2) is 0 Å². The van der Waals surface area contributed by atoms with Crippen LogP contribution in [0.25, 0.3) is 0 Å². The van der Waals surface area contributed by atoms with Crippen LogP contribution in [0.5, 0.6) is 0 Å². The molecule has 2 unspecified atom stereocenters. The fourth-order valence-corrected chi connectivity index (χ4v) is 3.46. The highest BCUT2D eigenvalue weighted by molar-refractivity contribution is 9.10. The third-order valence-corrected chi connectivity index (χ3v) is 4.93. The van der Waals surface area contributed by atoms with Crippen molar-refractivity contribution in [2.24, 2.45) is 11.8 Å². The molecule has 1 aliphatic rings. The molecular formula is C21H23BrN2O2. The summed E-state index contributed by atoms with van der Waals surface area (Å²) in [4.78, 5) is 24.2. The number of anilines is 2. The number of hydrogen-bond donors (Lipinski definition) is 2. The normalized spacial score (nSPS) is 18.5. The highest BCUT2D eigenvalue weighted by Crippen LogP contribution is 2.48. The summed E-state index contributed by atoms with van der Waals surface area (Å²) in [5.74, 6) is 0.695. The van der Waals surface area contributed by atoms with Crippen molar-refractivity contribution in [2.75, 3.05) is 10.6 Å². The molecule has 3 rings (SSSR count). The molecule has 0 saturated heterocycles. The first-order chi connectivity index (χ1) is 12.4. The molecule has 136 valence electrons. The summed E-state index contributed by atoms with van der Waals surface area (Å²) in [5.41, 5.74) is 2.69. The lowest BCUT2D eigenvalue weighted by Gasteiger charge is -2.09. The minimum absolute atomic E-state index is 0.00614. The van der Waals surface area contributed by atoms with E-state index in [-0.39, 0.29) is 17.7 Å². The number of nitrogens with one attached hydrogen (secondary N) is 2. The Balaban J connectivity index is 1.53. The predicted octanol–water partition coefficient (Wildman–Crippen LogP) is 5.18. The first-order valence-electron chi connectivity index (χ1n) is 8.88. The third kappa shape index (κ3) is 4.94. The van der Waals surface area contributed by atoms with Crippen LogP contribution in [-0.4, -0.2) is 11.8 Å². The number of halogens is 1. The SMILES string of the molecule is CC(C)CC(=O)Nc1ccc(NC(=O)C2CC2c2cccc(Br)c2)cc1. The molecule has 26 heavy (non-hydrogen) atoms. The van der Waals surface area contributed by atoms with Crippen LogP contribution < -0.4 is 10.6 Å². The maximum absolute atomic E-state index is 12.4. The van der Waals surface area contributed by atoms with Crippen LogP contribution in [0.3, 0.4) is 0 Å². The summed E-state index contributed by atoms with van der Waals surface area (Å²) in [7, 11) is 0. The van der Waals surface area contributed by atoms with Crippen LogP contribution in [0.4, 0.5) is 11.4 Å². The molecule has 2 N–H and O–H groups in total. The van der Waals surface area contributed by atoms with E-state index in [0.29, 0.717) is 18.3 Å². The highest BCUT2D eigenvalue weighted by atomic mass is 79.9. The molecule has 0 radical (unpaired) electrons. The lowest BCUT2D eigenvalue weighted by molar-refractivity contribution is -0.118. The van der Waals surface area contributed by atoms with E-state index in [9.17, 15) is 9.59 Å². The van der Waals surface area contributed by atoms with Crippen molar-refractivity contribution in [1.82, 2.24) is 0 Å². The van der Waals surface area contributed by atoms with Gasteiger partial charge in [0.05, 0.1) is 0 Å². The summed E-state index contributed by atoms with van der Waals surface area (Å²) < 4.78 is 1.04. The predicted molar refractivity (Wildman–Crippen MR) is 108 cm³/mol. The molecular weight excluding hydrogens is 392 g/mol. The summed E-state index contributed by atoms with van der Waals surface area (Å²) >= 11 is 3.48. The molecule has 0 aliphatic heterocycles. The van der Waals surface area contributed by atoms with Gasteiger partial charge in [0.1, 0.15) is 0 Å². The van der Waals surface area contributed by atoms with Gasteiger partial charge in [-0.15, -0.1) is 0 Å². The van der Waals surface area contributed by atoms with Gasteiger partial charge in [-0.05, 0) is 60.2 Å². The molecule has 0 spiro atoms. The standard InChI is InChI=1S/C21H23BrN2O2/c1-13(2)10-20(25)23-16-6-8-17(9-7-16)24-21(26)19-12-18(19)14-4-3-5-15(22)11-14/h3-9,11,13,18-19H,10,12H2,1-2H3,(H,23,25)(H,24,26). The molecule has 0 heterocycles. The largest absolute Gasteiger partial charge is 0.326 e. The fraction of sp³-hybridized carbons (Fsp3) is 0.333. The van der Waals surface area contributed by atoms with E-state index in [0.717, 1.165) is 22.3 Å². The summed E-state index contributed by atoms with van der Waals surface area (Å²) in [6.45, 7) is 4.02. The van der Waals surface area contributed by atoms with Crippen molar-refractivity contribution >= 4 is 39.1 Å². The number of hydrogen-bond acceptors (Lipinski definition) is 2. The van der Waals surface area contributed by atoms with E-state index in [4.69, 9.17) is 0 Å². The smallest absolute Gasteiger partial charge is 0.228 e. The first-order valence-corrected chi connectivity index (χ1v) is 9.68. The number of carbonyl (C=O) groups is 2. The van der Waals surface area contributed by atoms with E-state index < -0.39 is 0 Å². The van der Waals surface area contributed by atoms with Crippen molar-refractivity contribution in [3.8, 4) is 0 Å². The molecule has 0 aromatic heterocycles. The fourth-order valence-electron chi connectivity index (χ4n) is 3.05. The Kier molecular flexibility index (Phi) is 5.77. The van der Waals surface area contributed by atoms with Crippen LogP contribution in [-0.2, 0) is 9.59 Å². The van der Waals surface area contributed by atoms with Gasteiger partial charge in [-0.2, -0.15) is 0 Å². The number of carbonyl (C=O) groups excluding carboxylic acids is 2. The molecule has 0 bridgehead atoms. The van der Waals surface area contributed by atoms with Gasteiger partial charge in [0, 0.05) is 28.2 Å². The van der Waals surface area contributed by atoms with Crippen molar-refractivity contribution < 1.29 is 9.59 Å². The lowest BCUT2D eigenvalue weighted by atomic mass is 10.1. The number of rotatable bonds is 6. The zero-order valence-corrected chi connectivity index (χ0v) is 16.5. The summed E-state index contributed by atoms with van der Waals surface area (Å²) in [6, 6.07) is 15.4. The average Bonchev–Trinajstić information content (AvgIpc) is 3.37. The maximum atomic E-state index is 12.4. The monoisotopic (exact) mass is 414 g/mol. The van der Waals surface area contributed by atoms with Gasteiger partial charge < -0.3 is 10.6 Å². The minimum atomic E-state index is 0.00614. The number of amides is 2. The third-order valence-electron chi connectivity index (χ3n) is 4.43. The maximum Gasteiger partial charge on any atom is 0.228 e. The summed E-state index contributed by atoms with van der Waals surface area (Å²) in [6.07, 6.45) is 1.38. The second-order valence-electron chi connectivity index (χ2n) is 7.22. The topological polar surface area (TPSA) is 58.2 Å². The quantitative estimate of drug-likeness (QED) is 0.684. The van der Waals surface area contributed by atoms with Gasteiger partial charge >= 0.3 is 0 Å². The molecule has 1 fully saturated rings. The Morgan fingerprint density at radius 2 is 1.73 bits per heavy atom. The van der Waals surface area contributed by atoms with Gasteiger partial charge in [0.25, 0.3) is 0 Å². The van der Waals surface area contributed by atoms with Crippen LogP contribution >= 0.6 is 15.9 Å². The van der Waals surface area contributed by atoms with E-state index in [1.165, 1.54) is 5.56 Å². The minimum Gasteiger partial charge on any atom is -0.326 e. The van der Waals surface area contributed by atoms with Gasteiger partial charge in [0.2, 0.25) is 11.8 Å². The molecule has 1 aliphatic carbocycles. The zero-order valence-electron chi connectivity index (χ0n) is 15.0. The highest BCUT2D eigenvalue weighted by Gasteiger charge is 2.43. The molecule has 2 aromatic rings. The van der Waals surface area contributed by atoms with Crippen molar-refractivity contribution in [1.29, 1.82) is 0 Å². The average molecular weight is 415 g/mol. The Bertz CT molecular complexity index is 802. The van der Waals surface area contributed by atoms with Crippen molar-refractivity contribution in [3.05, 3.63) is 58.6 Å². The van der Waals surface area contributed by atoms with Gasteiger partial charge in [-0.1, -0.05) is 41.9 Å². The first kappa shape index (κ1) is 18.6. The van der Waals surface area contributed by atoms with Crippen molar-refractivity contribution in [2.45, 2.75) is 32.6 Å².